The number of halogens is 2. The molecule has 0 bridgehead atoms. The second-order valence-electron chi connectivity index (χ2n) is 9.47. The van der Waals surface area contributed by atoms with Crippen molar-refractivity contribution in [1.29, 1.82) is 5.26 Å². The van der Waals surface area contributed by atoms with Gasteiger partial charge in [-0.15, -0.1) is 10.2 Å². The van der Waals surface area contributed by atoms with Gasteiger partial charge in [0.15, 0.2) is 10.1 Å². The number of allylic oxidation sites excluding steroid dienone is 3. The molecule has 3 aromatic rings. The van der Waals surface area contributed by atoms with E-state index in [2.05, 4.69) is 21.6 Å². The molecule has 204 valence electrons. The molecule has 3 N–H and O–H groups in total. The summed E-state index contributed by atoms with van der Waals surface area (Å²) in [5.41, 5.74) is 11.4. The molecule has 0 fully saturated rings. The minimum Gasteiger partial charge on any atom is -0.384 e. The maximum Gasteiger partial charge on any atom is 0.234 e. The van der Waals surface area contributed by atoms with Crippen molar-refractivity contribution in [1.82, 2.24) is 10.2 Å². The maximum absolute atomic E-state index is 13.3. The first-order valence-electron chi connectivity index (χ1n) is 12.4. The van der Waals surface area contributed by atoms with Crippen LogP contribution in [0.1, 0.15) is 41.9 Å². The number of thioether (sulfide) groups is 1. The monoisotopic (exact) mass is 610 g/mol. The largest absolute Gasteiger partial charge is 0.384 e. The van der Waals surface area contributed by atoms with Crippen molar-refractivity contribution in [3.8, 4) is 6.07 Å². The molecule has 2 heterocycles. The number of amides is 1. The molecule has 2 aliphatic rings. The van der Waals surface area contributed by atoms with Gasteiger partial charge in [-0.25, -0.2) is 0 Å². The molecule has 12 heteroatoms. The first-order chi connectivity index (χ1) is 19.2. The van der Waals surface area contributed by atoms with Gasteiger partial charge < -0.3 is 11.1 Å². The molecule has 0 spiro atoms. The number of nitriles is 1. The summed E-state index contributed by atoms with van der Waals surface area (Å²) in [6, 6.07) is 13.2. The summed E-state index contributed by atoms with van der Waals surface area (Å²) in [4.78, 5) is 27.6. The van der Waals surface area contributed by atoms with E-state index in [1.54, 1.807) is 23.1 Å². The van der Waals surface area contributed by atoms with Crippen molar-refractivity contribution in [2.24, 2.45) is 5.73 Å². The smallest absolute Gasteiger partial charge is 0.234 e. The van der Waals surface area contributed by atoms with Gasteiger partial charge in [0.05, 0.1) is 33.4 Å². The van der Waals surface area contributed by atoms with Crippen LogP contribution in [0.15, 0.2) is 63.4 Å². The number of nitrogens with zero attached hydrogens (tertiary/aromatic N) is 4. The Morgan fingerprint density at radius 2 is 2.05 bits per heavy atom. The van der Waals surface area contributed by atoms with E-state index >= 15 is 0 Å². The van der Waals surface area contributed by atoms with E-state index in [0.717, 1.165) is 16.8 Å². The second-order valence-corrected chi connectivity index (χ2v) is 12.4. The van der Waals surface area contributed by atoms with Gasteiger partial charge in [-0.3, -0.25) is 14.5 Å². The van der Waals surface area contributed by atoms with Crippen LogP contribution in [0.4, 0.5) is 10.8 Å². The van der Waals surface area contributed by atoms with E-state index in [9.17, 15) is 14.9 Å². The molecule has 40 heavy (non-hydrogen) atoms. The average molecular weight is 612 g/mol. The molecule has 1 amide bonds. The molecule has 0 saturated heterocycles. The van der Waals surface area contributed by atoms with Gasteiger partial charge in [0.2, 0.25) is 11.0 Å². The van der Waals surface area contributed by atoms with Gasteiger partial charge >= 0.3 is 0 Å². The van der Waals surface area contributed by atoms with Crippen LogP contribution in [0.3, 0.4) is 0 Å². The lowest BCUT2D eigenvalue weighted by Gasteiger charge is -2.38. The lowest BCUT2D eigenvalue weighted by molar-refractivity contribution is -0.116. The Morgan fingerprint density at radius 3 is 2.80 bits per heavy atom. The molecule has 2 aromatic carbocycles. The fourth-order valence-electron chi connectivity index (χ4n) is 4.98. The quantitative estimate of drug-likeness (QED) is 0.303. The lowest BCUT2D eigenvalue weighted by atomic mass is 9.76. The number of hydrogen-bond donors (Lipinski definition) is 2. The number of carbonyl (C=O) groups is 2. The maximum atomic E-state index is 13.3. The summed E-state index contributed by atoms with van der Waals surface area (Å²) >= 11 is 15.3. The number of anilines is 2. The van der Waals surface area contributed by atoms with Crippen LogP contribution in [0.25, 0.3) is 0 Å². The first-order valence-corrected chi connectivity index (χ1v) is 15.0. The summed E-state index contributed by atoms with van der Waals surface area (Å²) in [5, 5.41) is 22.7. The number of rotatable bonds is 6. The van der Waals surface area contributed by atoms with E-state index in [1.165, 1.54) is 23.1 Å². The summed E-state index contributed by atoms with van der Waals surface area (Å²) < 4.78 is 0.557. The normalized spacial score (nSPS) is 17.1. The van der Waals surface area contributed by atoms with Gasteiger partial charge in [0.1, 0.15) is 5.82 Å². The zero-order valence-electron chi connectivity index (χ0n) is 21.6. The summed E-state index contributed by atoms with van der Waals surface area (Å²) in [7, 11) is 0. The predicted octanol–water partition coefficient (Wildman–Crippen LogP) is 6.50. The van der Waals surface area contributed by atoms with Crippen molar-refractivity contribution in [2.75, 3.05) is 16.0 Å². The molecular weight excluding hydrogens is 587 g/mol. The van der Waals surface area contributed by atoms with Crippen molar-refractivity contribution in [3.63, 3.8) is 0 Å². The standard InChI is InChI=1S/C28H24Cl2N6O2S2/c1-14-9-10-19(15(2)11-14)33-22(38)13-39-28-35-34-27(40-28)36-20-7-4-8-21(37)24(20)23(17(12-31)26(36)32)16-5-3-6-18(29)25(16)30/h3,5-6,9-11,23H,4,7-8,13,32H2,1-2H3,(H,33,38). The average Bonchev–Trinajstić information content (AvgIpc) is 3.39. The highest BCUT2D eigenvalue weighted by molar-refractivity contribution is 8.01. The Balaban J connectivity index is 1.43. The van der Waals surface area contributed by atoms with Gasteiger partial charge in [-0.1, -0.05) is 76.1 Å². The molecule has 1 unspecified atom stereocenters. The topological polar surface area (TPSA) is 125 Å². The van der Waals surface area contributed by atoms with Crippen molar-refractivity contribution in [3.05, 3.63) is 85.8 Å². The lowest BCUT2D eigenvalue weighted by Crippen LogP contribution is -2.38. The summed E-state index contributed by atoms with van der Waals surface area (Å²) in [6.45, 7) is 3.95. The second kappa shape index (κ2) is 11.6. The molecule has 0 radical (unpaired) electrons. The fraction of sp³-hybridized carbons (Fsp3) is 0.250. The van der Waals surface area contributed by atoms with E-state index < -0.39 is 5.92 Å². The molecule has 1 aliphatic carbocycles. The molecular formula is C28H24Cl2N6O2S2. The number of carbonyl (C=O) groups excluding carboxylic acids is 2. The number of aryl methyl sites for hydroxylation is 2. The van der Waals surface area contributed by atoms with Gasteiger partial charge in [-0.2, -0.15) is 5.26 Å². The Labute approximate surface area is 249 Å². The first kappa shape index (κ1) is 28.2. The molecule has 1 atom stereocenters. The third-order valence-electron chi connectivity index (χ3n) is 6.78. The van der Waals surface area contributed by atoms with Crippen LogP contribution in [-0.4, -0.2) is 27.6 Å². The van der Waals surface area contributed by atoms with Crippen LogP contribution in [0.5, 0.6) is 0 Å². The van der Waals surface area contributed by atoms with E-state index in [4.69, 9.17) is 28.9 Å². The highest BCUT2D eigenvalue weighted by Crippen LogP contribution is 2.49. The Bertz CT molecular complexity index is 1640. The van der Waals surface area contributed by atoms with Gasteiger partial charge in [0.25, 0.3) is 0 Å². The predicted molar refractivity (Wildman–Crippen MR) is 160 cm³/mol. The number of Topliss-reactive ketones (excluding diaryl/α,β-unsaturated/α-hetero) is 1. The molecule has 8 nitrogen and oxygen atoms in total. The zero-order valence-corrected chi connectivity index (χ0v) is 24.8. The van der Waals surface area contributed by atoms with Crippen LogP contribution in [0, 0.1) is 25.2 Å². The Hall–Kier alpha value is -3.36. The highest BCUT2D eigenvalue weighted by atomic mass is 35.5. The minimum absolute atomic E-state index is 0.0743. The third kappa shape index (κ3) is 5.34. The summed E-state index contributed by atoms with van der Waals surface area (Å²) in [6.07, 6.45) is 1.56. The number of aromatic nitrogens is 2. The number of hydrogen-bond acceptors (Lipinski definition) is 9. The van der Waals surface area contributed by atoms with Crippen LogP contribution in [-0.2, 0) is 9.59 Å². The summed E-state index contributed by atoms with van der Waals surface area (Å²) in [5.74, 6) is -0.668. The number of nitrogens with one attached hydrogen (secondary N) is 1. The van der Waals surface area contributed by atoms with Crippen molar-refractivity contribution < 1.29 is 9.59 Å². The molecule has 0 saturated carbocycles. The van der Waals surface area contributed by atoms with Crippen LogP contribution in [0.2, 0.25) is 10.0 Å². The number of benzene rings is 2. The Kier molecular flexibility index (Phi) is 8.19. The number of nitrogens with two attached hydrogens (primary N) is 1. The molecule has 1 aliphatic heterocycles. The molecule has 1 aromatic heterocycles. The molecule has 5 rings (SSSR count). The highest BCUT2D eigenvalue weighted by Gasteiger charge is 2.42. The van der Waals surface area contributed by atoms with E-state index in [-0.39, 0.29) is 33.9 Å². The van der Waals surface area contributed by atoms with Crippen molar-refractivity contribution in [2.45, 2.75) is 43.4 Å². The number of ketones is 1. The third-order valence-corrected chi connectivity index (χ3v) is 9.65. The van der Waals surface area contributed by atoms with Gasteiger partial charge in [-0.05, 0) is 49.9 Å². The minimum atomic E-state index is -0.731. The zero-order chi connectivity index (χ0) is 28.6. The Morgan fingerprint density at radius 1 is 1.25 bits per heavy atom. The SMILES string of the molecule is Cc1ccc(NC(=O)CSc2nnc(N3C(N)=C(C#N)C(c4cccc(Cl)c4Cl)C4=C3CCCC4=O)s2)c(C)c1. The van der Waals surface area contributed by atoms with Crippen LogP contribution >= 0.6 is 46.3 Å². The fourth-order valence-corrected chi connectivity index (χ4v) is 7.08. The van der Waals surface area contributed by atoms with Crippen molar-refractivity contribution >= 4 is 68.8 Å². The van der Waals surface area contributed by atoms with Crippen LogP contribution < -0.4 is 16.0 Å². The van der Waals surface area contributed by atoms with E-state index in [0.29, 0.717) is 50.6 Å². The van der Waals surface area contributed by atoms with Gasteiger partial charge in [0, 0.05) is 23.4 Å². The van der Waals surface area contributed by atoms with E-state index in [1.807, 2.05) is 32.0 Å².